The second kappa shape index (κ2) is 8.65. The van der Waals surface area contributed by atoms with Crippen molar-refractivity contribution < 1.29 is 14.3 Å². The number of imidazole rings is 1. The van der Waals surface area contributed by atoms with Gasteiger partial charge in [-0.2, -0.15) is 0 Å². The Morgan fingerprint density at radius 2 is 1.90 bits per heavy atom. The van der Waals surface area contributed by atoms with Crippen LogP contribution in [0.1, 0.15) is 30.8 Å². The highest BCUT2D eigenvalue weighted by Crippen LogP contribution is 2.29. The highest BCUT2D eigenvalue weighted by molar-refractivity contribution is 5.94. The van der Waals surface area contributed by atoms with E-state index in [1.165, 1.54) is 0 Å². The van der Waals surface area contributed by atoms with Gasteiger partial charge in [-0.05, 0) is 37.3 Å². The van der Waals surface area contributed by atoms with Crippen molar-refractivity contribution in [3.63, 3.8) is 0 Å². The number of benzene rings is 2. The first-order chi connectivity index (χ1) is 14.7. The van der Waals surface area contributed by atoms with E-state index in [4.69, 9.17) is 9.47 Å². The number of ketones is 1. The van der Waals surface area contributed by atoms with Crippen LogP contribution in [0.4, 0.5) is 11.6 Å². The van der Waals surface area contributed by atoms with Gasteiger partial charge in [-0.15, -0.1) is 0 Å². The van der Waals surface area contributed by atoms with Gasteiger partial charge in [0.2, 0.25) is 5.95 Å². The molecule has 7 heteroatoms. The van der Waals surface area contributed by atoms with E-state index < -0.39 is 0 Å². The highest BCUT2D eigenvalue weighted by Gasteiger charge is 2.10. The van der Waals surface area contributed by atoms with Crippen molar-refractivity contribution in [2.24, 2.45) is 0 Å². The van der Waals surface area contributed by atoms with Crippen LogP contribution in [0.25, 0.3) is 11.0 Å². The van der Waals surface area contributed by atoms with Crippen LogP contribution in [0.15, 0.2) is 60.8 Å². The molecule has 2 heterocycles. The van der Waals surface area contributed by atoms with Crippen LogP contribution in [0, 0.1) is 0 Å². The molecule has 0 atom stereocenters. The average molecular weight is 402 g/mol. The maximum Gasteiger partial charge on any atom is 0.205 e. The molecule has 152 valence electrons. The molecule has 2 N–H and O–H groups in total. The molecule has 30 heavy (non-hydrogen) atoms. The number of aromatic nitrogens is 3. The molecule has 2 aromatic heterocycles. The number of hydrogen-bond donors (Lipinski definition) is 2. The Morgan fingerprint density at radius 3 is 2.73 bits per heavy atom. The summed E-state index contributed by atoms with van der Waals surface area (Å²) in [6.45, 7) is 4.34. The summed E-state index contributed by atoms with van der Waals surface area (Å²) < 4.78 is 11.6. The number of para-hydroxylation sites is 2. The third-order valence-electron chi connectivity index (χ3n) is 4.47. The SMILES string of the molecule is CCOc1ccccc1Nc1nc2ccc(Oc3ccnc(C(=O)CC)c3)cc2[nH]1. The lowest BCUT2D eigenvalue weighted by atomic mass is 10.2. The van der Waals surface area contributed by atoms with Crippen molar-refractivity contribution in [2.75, 3.05) is 11.9 Å². The van der Waals surface area contributed by atoms with Gasteiger partial charge in [0, 0.05) is 24.8 Å². The van der Waals surface area contributed by atoms with Crippen molar-refractivity contribution in [1.82, 2.24) is 15.0 Å². The largest absolute Gasteiger partial charge is 0.492 e. The molecule has 0 saturated carbocycles. The minimum Gasteiger partial charge on any atom is -0.492 e. The molecule has 0 saturated heterocycles. The number of H-pyrrole nitrogens is 1. The van der Waals surface area contributed by atoms with Gasteiger partial charge in [0.25, 0.3) is 0 Å². The fraction of sp³-hybridized carbons (Fsp3) is 0.174. The molecule has 7 nitrogen and oxygen atoms in total. The van der Waals surface area contributed by atoms with Gasteiger partial charge < -0.3 is 19.8 Å². The van der Waals surface area contributed by atoms with Gasteiger partial charge in [-0.3, -0.25) is 9.78 Å². The third kappa shape index (κ3) is 4.25. The van der Waals surface area contributed by atoms with E-state index in [0.29, 0.717) is 36.2 Å². The number of nitrogens with one attached hydrogen (secondary N) is 2. The number of anilines is 2. The van der Waals surface area contributed by atoms with E-state index in [2.05, 4.69) is 20.3 Å². The minimum atomic E-state index is -0.0208. The van der Waals surface area contributed by atoms with E-state index in [9.17, 15) is 4.79 Å². The van der Waals surface area contributed by atoms with E-state index in [-0.39, 0.29) is 5.78 Å². The van der Waals surface area contributed by atoms with Crippen LogP contribution in [0.5, 0.6) is 17.2 Å². The summed E-state index contributed by atoms with van der Waals surface area (Å²) >= 11 is 0. The van der Waals surface area contributed by atoms with E-state index >= 15 is 0 Å². The minimum absolute atomic E-state index is 0.0208. The molecule has 0 aliphatic carbocycles. The van der Waals surface area contributed by atoms with Crippen molar-refractivity contribution in [1.29, 1.82) is 0 Å². The van der Waals surface area contributed by atoms with Gasteiger partial charge >= 0.3 is 0 Å². The number of ether oxygens (including phenoxy) is 2. The Hall–Kier alpha value is -3.87. The Labute approximate surface area is 174 Å². The molecule has 4 aromatic rings. The molecular weight excluding hydrogens is 380 g/mol. The number of nitrogens with zero attached hydrogens (tertiary/aromatic N) is 2. The van der Waals surface area contributed by atoms with Crippen LogP contribution < -0.4 is 14.8 Å². The number of rotatable bonds is 8. The molecule has 4 rings (SSSR count). The zero-order valence-electron chi connectivity index (χ0n) is 16.8. The molecule has 0 spiro atoms. The maximum absolute atomic E-state index is 11.9. The molecule has 0 radical (unpaired) electrons. The first-order valence-corrected chi connectivity index (χ1v) is 9.82. The smallest absolute Gasteiger partial charge is 0.205 e. The Balaban J connectivity index is 1.55. The predicted molar refractivity (Wildman–Crippen MR) is 116 cm³/mol. The summed E-state index contributed by atoms with van der Waals surface area (Å²) in [5.41, 5.74) is 2.86. The zero-order valence-corrected chi connectivity index (χ0v) is 16.8. The van der Waals surface area contributed by atoms with Crippen LogP contribution in [-0.2, 0) is 0 Å². The van der Waals surface area contributed by atoms with Gasteiger partial charge in [-0.25, -0.2) is 4.98 Å². The number of pyridine rings is 1. The summed E-state index contributed by atoms with van der Waals surface area (Å²) in [6.07, 6.45) is 1.98. The predicted octanol–water partition coefficient (Wildman–Crippen LogP) is 5.49. The normalized spacial score (nSPS) is 10.7. The summed E-state index contributed by atoms with van der Waals surface area (Å²) in [4.78, 5) is 23.8. The zero-order chi connectivity index (χ0) is 20.9. The number of carbonyl (C=O) groups excluding carboxylic acids is 1. The summed E-state index contributed by atoms with van der Waals surface area (Å²) in [5, 5.41) is 3.26. The lowest BCUT2D eigenvalue weighted by Crippen LogP contribution is -2.00. The van der Waals surface area contributed by atoms with Gasteiger partial charge in [0.1, 0.15) is 22.9 Å². The number of Topliss-reactive ketones (excluding diaryl/α,β-unsaturated/α-hetero) is 1. The Morgan fingerprint density at radius 1 is 1.07 bits per heavy atom. The highest BCUT2D eigenvalue weighted by atomic mass is 16.5. The van der Waals surface area contributed by atoms with E-state index in [0.717, 1.165) is 22.5 Å². The van der Waals surface area contributed by atoms with Crippen molar-refractivity contribution in [3.8, 4) is 17.2 Å². The van der Waals surface area contributed by atoms with Crippen LogP contribution in [0.3, 0.4) is 0 Å². The monoisotopic (exact) mass is 402 g/mol. The fourth-order valence-corrected chi connectivity index (χ4v) is 3.03. The number of fused-ring (bicyclic) bond motifs is 1. The molecule has 0 amide bonds. The third-order valence-corrected chi connectivity index (χ3v) is 4.47. The van der Waals surface area contributed by atoms with Crippen molar-refractivity contribution in [3.05, 3.63) is 66.5 Å². The molecule has 0 unspecified atom stereocenters. The van der Waals surface area contributed by atoms with Crippen molar-refractivity contribution in [2.45, 2.75) is 20.3 Å². The molecule has 0 bridgehead atoms. The summed E-state index contributed by atoms with van der Waals surface area (Å²) in [6, 6.07) is 16.7. The van der Waals surface area contributed by atoms with Crippen molar-refractivity contribution >= 4 is 28.5 Å². The van der Waals surface area contributed by atoms with Crippen LogP contribution in [-0.4, -0.2) is 27.3 Å². The lowest BCUT2D eigenvalue weighted by molar-refractivity contribution is 0.0983. The van der Waals surface area contributed by atoms with Gasteiger partial charge in [0.05, 0.1) is 23.3 Å². The second-order valence-corrected chi connectivity index (χ2v) is 6.57. The number of aromatic amines is 1. The second-order valence-electron chi connectivity index (χ2n) is 6.57. The van der Waals surface area contributed by atoms with Gasteiger partial charge in [0.15, 0.2) is 5.78 Å². The lowest BCUT2D eigenvalue weighted by Gasteiger charge is -2.09. The summed E-state index contributed by atoms with van der Waals surface area (Å²) in [5.74, 6) is 2.54. The number of hydrogen-bond acceptors (Lipinski definition) is 6. The van der Waals surface area contributed by atoms with Crippen LogP contribution in [0.2, 0.25) is 0 Å². The number of carbonyl (C=O) groups is 1. The molecule has 0 aliphatic rings. The van der Waals surface area contributed by atoms with Gasteiger partial charge in [-0.1, -0.05) is 19.1 Å². The average Bonchev–Trinajstić information content (AvgIpc) is 3.16. The Bertz CT molecular complexity index is 1190. The Kier molecular flexibility index (Phi) is 5.61. The molecule has 0 fully saturated rings. The quantitative estimate of drug-likeness (QED) is 0.379. The van der Waals surface area contributed by atoms with Crippen LogP contribution >= 0.6 is 0 Å². The topological polar surface area (TPSA) is 89.1 Å². The molecule has 0 aliphatic heterocycles. The molecule has 2 aromatic carbocycles. The molecular formula is C23H22N4O3. The summed E-state index contributed by atoms with van der Waals surface area (Å²) in [7, 11) is 0. The first-order valence-electron chi connectivity index (χ1n) is 9.82. The standard InChI is InChI=1S/C23H22N4O3/c1-3-21(28)20-14-16(11-12-24-20)30-15-9-10-17-19(13-15)27-23(25-17)26-18-7-5-6-8-22(18)29-4-2/h5-14H,3-4H2,1-2H3,(H2,25,26,27). The first kappa shape index (κ1) is 19.4. The maximum atomic E-state index is 11.9. The van der Waals surface area contributed by atoms with E-state index in [1.54, 1.807) is 18.3 Å². The fourth-order valence-electron chi connectivity index (χ4n) is 3.03. The van der Waals surface area contributed by atoms with E-state index in [1.807, 2.05) is 56.3 Å².